The molecule has 1 rings (SSSR count). The first-order valence-corrected chi connectivity index (χ1v) is 6.46. The van der Waals surface area contributed by atoms with Gasteiger partial charge in [-0.05, 0) is 25.5 Å². The fraction of sp³-hybridized carbons (Fsp3) is 0.429. The van der Waals surface area contributed by atoms with Gasteiger partial charge >= 0.3 is 12.1 Å². The van der Waals surface area contributed by atoms with Gasteiger partial charge in [-0.15, -0.1) is 0 Å². The van der Waals surface area contributed by atoms with E-state index in [0.717, 1.165) is 12.1 Å². The van der Waals surface area contributed by atoms with E-state index in [4.69, 9.17) is 4.74 Å². The van der Waals surface area contributed by atoms with Crippen molar-refractivity contribution < 1.29 is 27.5 Å². The highest BCUT2D eigenvalue weighted by molar-refractivity contribution is 5.95. The van der Waals surface area contributed by atoms with Crippen LogP contribution in [-0.4, -0.2) is 25.0 Å². The maximum Gasteiger partial charge on any atom is 0.417 e. The number of hydrogen-bond donors (Lipinski definition) is 1. The number of benzene rings is 1. The van der Waals surface area contributed by atoms with Crippen molar-refractivity contribution in [1.29, 1.82) is 0 Å². The van der Waals surface area contributed by atoms with Crippen LogP contribution in [0, 0.1) is 0 Å². The first-order valence-electron chi connectivity index (χ1n) is 6.46. The Morgan fingerprint density at radius 2 is 1.90 bits per heavy atom. The lowest BCUT2D eigenvalue weighted by molar-refractivity contribution is -0.143. The molecule has 0 aliphatic carbocycles. The smallest absolute Gasteiger partial charge is 0.417 e. The molecule has 116 valence electrons. The van der Waals surface area contributed by atoms with E-state index < -0.39 is 29.2 Å². The van der Waals surface area contributed by atoms with Crippen LogP contribution in [0.5, 0.6) is 0 Å². The van der Waals surface area contributed by atoms with Crippen LogP contribution in [-0.2, 0) is 15.7 Å². The Bertz CT molecular complexity index is 500. The Morgan fingerprint density at radius 3 is 2.52 bits per heavy atom. The zero-order valence-corrected chi connectivity index (χ0v) is 11.5. The SMILES string of the molecule is CCOC(=O)CCCNC(=O)c1ccccc1C(F)(F)F. The molecule has 0 bridgehead atoms. The van der Waals surface area contributed by atoms with Crippen molar-refractivity contribution >= 4 is 11.9 Å². The molecule has 0 atom stereocenters. The summed E-state index contributed by atoms with van der Waals surface area (Å²) in [6.45, 7) is 2.04. The van der Waals surface area contributed by atoms with E-state index in [1.165, 1.54) is 12.1 Å². The lowest BCUT2D eigenvalue weighted by atomic mass is 10.1. The highest BCUT2D eigenvalue weighted by atomic mass is 19.4. The molecule has 0 radical (unpaired) electrons. The number of hydrogen-bond acceptors (Lipinski definition) is 3. The number of ether oxygens (including phenoxy) is 1. The van der Waals surface area contributed by atoms with E-state index in [1.54, 1.807) is 6.92 Å². The number of amides is 1. The molecule has 1 aromatic carbocycles. The molecule has 0 aromatic heterocycles. The first kappa shape index (κ1) is 17.0. The predicted octanol–water partition coefficient (Wildman–Crippen LogP) is 2.78. The van der Waals surface area contributed by atoms with Gasteiger partial charge < -0.3 is 10.1 Å². The summed E-state index contributed by atoms with van der Waals surface area (Å²) in [6.07, 6.45) is -4.17. The fourth-order valence-electron chi connectivity index (χ4n) is 1.69. The van der Waals surface area contributed by atoms with E-state index in [1.807, 2.05) is 0 Å². The van der Waals surface area contributed by atoms with Crippen LogP contribution < -0.4 is 5.32 Å². The topological polar surface area (TPSA) is 55.4 Å². The maximum absolute atomic E-state index is 12.7. The number of esters is 1. The first-order chi connectivity index (χ1) is 9.86. The molecule has 1 aromatic rings. The van der Waals surface area contributed by atoms with Crippen LogP contribution in [0.2, 0.25) is 0 Å². The lowest BCUT2D eigenvalue weighted by Gasteiger charge is -2.12. The third kappa shape index (κ3) is 5.45. The van der Waals surface area contributed by atoms with Crippen molar-refractivity contribution in [2.75, 3.05) is 13.2 Å². The summed E-state index contributed by atoms with van der Waals surface area (Å²) in [5.74, 6) is -1.21. The summed E-state index contributed by atoms with van der Waals surface area (Å²) in [5.41, 5.74) is -1.41. The number of nitrogens with one attached hydrogen (secondary N) is 1. The molecule has 1 N–H and O–H groups in total. The van der Waals surface area contributed by atoms with E-state index in [9.17, 15) is 22.8 Å². The molecule has 0 unspecified atom stereocenters. The van der Waals surface area contributed by atoms with E-state index in [0.29, 0.717) is 6.42 Å². The van der Waals surface area contributed by atoms with Gasteiger partial charge in [-0.25, -0.2) is 0 Å². The molecule has 0 spiro atoms. The average Bonchev–Trinajstić information content (AvgIpc) is 2.43. The summed E-state index contributed by atoms with van der Waals surface area (Å²) in [4.78, 5) is 22.8. The zero-order valence-electron chi connectivity index (χ0n) is 11.5. The van der Waals surface area contributed by atoms with Crippen molar-refractivity contribution in [1.82, 2.24) is 5.32 Å². The molecule has 1 amide bonds. The molecule has 0 fully saturated rings. The Hall–Kier alpha value is -2.05. The van der Waals surface area contributed by atoms with Crippen LogP contribution in [0.4, 0.5) is 13.2 Å². The summed E-state index contributed by atoms with van der Waals surface area (Å²) in [6, 6.07) is 4.56. The number of alkyl halides is 3. The second-order valence-electron chi connectivity index (χ2n) is 4.21. The molecule has 7 heteroatoms. The van der Waals surface area contributed by atoms with Crippen LogP contribution in [0.15, 0.2) is 24.3 Å². The normalized spacial score (nSPS) is 11.0. The highest BCUT2D eigenvalue weighted by Gasteiger charge is 2.34. The number of halogens is 3. The highest BCUT2D eigenvalue weighted by Crippen LogP contribution is 2.31. The fourth-order valence-corrected chi connectivity index (χ4v) is 1.69. The number of rotatable bonds is 6. The Balaban J connectivity index is 2.55. The Morgan fingerprint density at radius 1 is 1.24 bits per heavy atom. The second-order valence-corrected chi connectivity index (χ2v) is 4.21. The van der Waals surface area contributed by atoms with Crippen LogP contribution >= 0.6 is 0 Å². The van der Waals surface area contributed by atoms with Gasteiger partial charge in [-0.3, -0.25) is 9.59 Å². The third-order valence-electron chi connectivity index (χ3n) is 2.63. The van der Waals surface area contributed by atoms with Crippen molar-refractivity contribution in [2.24, 2.45) is 0 Å². The van der Waals surface area contributed by atoms with Gasteiger partial charge in [0.05, 0.1) is 17.7 Å². The molecule has 0 aliphatic heterocycles. The molecular formula is C14H16F3NO3. The minimum absolute atomic E-state index is 0.101. The van der Waals surface area contributed by atoms with Gasteiger partial charge in [-0.2, -0.15) is 13.2 Å². The molecule has 0 saturated heterocycles. The minimum atomic E-state index is -4.58. The maximum atomic E-state index is 12.7. The zero-order chi connectivity index (χ0) is 15.9. The largest absolute Gasteiger partial charge is 0.466 e. The van der Waals surface area contributed by atoms with Crippen molar-refractivity contribution in [2.45, 2.75) is 25.9 Å². The standard InChI is InChI=1S/C14H16F3NO3/c1-2-21-12(19)8-5-9-18-13(20)10-6-3-4-7-11(10)14(15,16)17/h3-4,6-7H,2,5,8-9H2,1H3,(H,18,20). The molecule has 0 aliphatic rings. The number of carbonyl (C=O) groups is 2. The minimum Gasteiger partial charge on any atom is -0.466 e. The summed E-state index contributed by atoms with van der Waals surface area (Å²) in [5, 5.41) is 2.36. The summed E-state index contributed by atoms with van der Waals surface area (Å²) in [7, 11) is 0. The van der Waals surface area contributed by atoms with E-state index >= 15 is 0 Å². The van der Waals surface area contributed by atoms with Gasteiger partial charge in [0.25, 0.3) is 5.91 Å². The van der Waals surface area contributed by atoms with Crippen LogP contribution in [0.1, 0.15) is 35.7 Å². The lowest BCUT2D eigenvalue weighted by Crippen LogP contribution is -2.27. The molecule has 21 heavy (non-hydrogen) atoms. The predicted molar refractivity (Wildman–Crippen MR) is 69.6 cm³/mol. The molecule has 4 nitrogen and oxygen atoms in total. The van der Waals surface area contributed by atoms with Crippen molar-refractivity contribution in [3.05, 3.63) is 35.4 Å². The van der Waals surface area contributed by atoms with Crippen molar-refractivity contribution in [3.8, 4) is 0 Å². The van der Waals surface area contributed by atoms with Crippen LogP contribution in [0.3, 0.4) is 0 Å². The van der Waals surface area contributed by atoms with E-state index in [-0.39, 0.29) is 19.6 Å². The van der Waals surface area contributed by atoms with Crippen LogP contribution in [0.25, 0.3) is 0 Å². The Kier molecular flexibility index (Phi) is 6.20. The molecule has 0 saturated carbocycles. The Labute approximate surface area is 120 Å². The summed E-state index contributed by atoms with van der Waals surface area (Å²) < 4.78 is 42.9. The van der Waals surface area contributed by atoms with Gasteiger partial charge in [0.2, 0.25) is 0 Å². The van der Waals surface area contributed by atoms with Gasteiger partial charge in [0, 0.05) is 13.0 Å². The van der Waals surface area contributed by atoms with Gasteiger partial charge in [-0.1, -0.05) is 12.1 Å². The second kappa shape index (κ2) is 7.66. The van der Waals surface area contributed by atoms with Gasteiger partial charge in [0.1, 0.15) is 0 Å². The quantitative estimate of drug-likeness (QED) is 0.649. The van der Waals surface area contributed by atoms with Crippen molar-refractivity contribution in [3.63, 3.8) is 0 Å². The monoisotopic (exact) mass is 303 g/mol. The molecular weight excluding hydrogens is 287 g/mol. The average molecular weight is 303 g/mol. The van der Waals surface area contributed by atoms with E-state index in [2.05, 4.69) is 5.32 Å². The molecule has 0 heterocycles. The summed E-state index contributed by atoms with van der Waals surface area (Å²) >= 11 is 0. The number of carbonyl (C=O) groups excluding carboxylic acids is 2. The van der Waals surface area contributed by atoms with Gasteiger partial charge in [0.15, 0.2) is 0 Å². The third-order valence-corrected chi connectivity index (χ3v) is 2.63.